The number of hydrogen-bond acceptors (Lipinski definition) is 7. The predicted octanol–water partition coefficient (Wildman–Crippen LogP) is 2.26. The molecule has 174 valence electrons. The Kier molecular flexibility index (Phi) is 7.10. The van der Waals surface area contributed by atoms with Gasteiger partial charge in [-0.25, -0.2) is 0 Å². The van der Waals surface area contributed by atoms with Gasteiger partial charge in [0.15, 0.2) is 17.6 Å². The standard InChI is InChI=1S/C24H27N3O5S/c1-16(29)26-8-10-27(11-9-26)24(30)7-3-17-2-6-23(20(25)12-17)33-19-4-5-21-22(13-19)31-15-18(14-28)32-21/h2-7,12-13,18,28H,8-11,14-15,25H2,1H3/b7-3+. The number of ether oxygens (including phenoxy) is 2. The average Bonchev–Trinajstić information content (AvgIpc) is 2.83. The molecule has 1 unspecified atom stereocenters. The van der Waals surface area contributed by atoms with Crippen LogP contribution in [-0.2, 0) is 9.59 Å². The van der Waals surface area contributed by atoms with Crippen LogP contribution in [0.15, 0.2) is 52.3 Å². The van der Waals surface area contributed by atoms with Crippen molar-refractivity contribution in [1.82, 2.24) is 9.80 Å². The number of hydrogen-bond donors (Lipinski definition) is 2. The summed E-state index contributed by atoms with van der Waals surface area (Å²) in [5.74, 6) is 1.23. The van der Waals surface area contributed by atoms with Crippen LogP contribution >= 0.6 is 11.8 Å². The van der Waals surface area contributed by atoms with Crippen molar-refractivity contribution >= 4 is 35.3 Å². The Morgan fingerprint density at radius 1 is 1.12 bits per heavy atom. The lowest BCUT2D eigenvalue weighted by Crippen LogP contribution is -2.49. The number of amides is 2. The SMILES string of the molecule is CC(=O)N1CCN(C(=O)/C=C/c2ccc(Sc3ccc4c(c3)OCC(CO)O4)c(N)c2)CC1. The highest BCUT2D eigenvalue weighted by Gasteiger charge is 2.22. The van der Waals surface area contributed by atoms with Crippen molar-refractivity contribution in [3.05, 3.63) is 48.0 Å². The molecule has 0 aliphatic carbocycles. The molecule has 2 aromatic rings. The number of rotatable bonds is 5. The number of nitrogens with two attached hydrogens (primary N) is 1. The minimum Gasteiger partial charge on any atom is -0.486 e. The second kappa shape index (κ2) is 10.2. The van der Waals surface area contributed by atoms with E-state index in [0.717, 1.165) is 15.4 Å². The number of aliphatic hydroxyl groups excluding tert-OH is 1. The number of fused-ring (bicyclic) bond motifs is 1. The molecule has 0 aromatic heterocycles. The fourth-order valence-corrected chi connectivity index (χ4v) is 4.52. The Bertz CT molecular complexity index is 1070. The summed E-state index contributed by atoms with van der Waals surface area (Å²) in [4.78, 5) is 29.2. The number of nitrogen functional groups attached to an aromatic ring is 1. The lowest BCUT2D eigenvalue weighted by Gasteiger charge is -2.33. The normalized spacial score (nSPS) is 17.9. The molecule has 9 heteroatoms. The van der Waals surface area contributed by atoms with Crippen LogP contribution in [0.5, 0.6) is 11.5 Å². The van der Waals surface area contributed by atoms with Gasteiger partial charge in [0.1, 0.15) is 6.61 Å². The van der Waals surface area contributed by atoms with Gasteiger partial charge in [0.25, 0.3) is 0 Å². The Balaban J connectivity index is 1.36. The molecule has 0 saturated carbocycles. The van der Waals surface area contributed by atoms with Gasteiger partial charge in [-0.15, -0.1) is 0 Å². The van der Waals surface area contributed by atoms with Gasteiger partial charge in [-0.2, -0.15) is 0 Å². The number of anilines is 1. The molecule has 2 amide bonds. The second-order valence-corrected chi connectivity index (χ2v) is 9.02. The monoisotopic (exact) mass is 469 g/mol. The molecule has 0 radical (unpaired) electrons. The summed E-state index contributed by atoms with van der Waals surface area (Å²) in [5, 5.41) is 9.22. The Morgan fingerprint density at radius 2 is 1.88 bits per heavy atom. The van der Waals surface area contributed by atoms with Crippen LogP contribution in [-0.4, -0.2) is 72.2 Å². The van der Waals surface area contributed by atoms with Gasteiger partial charge in [-0.3, -0.25) is 9.59 Å². The zero-order valence-electron chi connectivity index (χ0n) is 18.4. The highest BCUT2D eigenvalue weighted by Crippen LogP contribution is 2.39. The van der Waals surface area contributed by atoms with E-state index >= 15 is 0 Å². The van der Waals surface area contributed by atoms with E-state index in [-0.39, 0.29) is 24.5 Å². The summed E-state index contributed by atoms with van der Waals surface area (Å²) in [7, 11) is 0. The highest BCUT2D eigenvalue weighted by molar-refractivity contribution is 7.99. The van der Waals surface area contributed by atoms with E-state index in [2.05, 4.69) is 0 Å². The van der Waals surface area contributed by atoms with Crippen LogP contribution in [0, 0.1) is 0 Å². The van der Waals surface area contributed by atoms with Crippen LogP contribution in [0.25, 0.3) is 6.08 Å². The Morgan fingerprint density at radius 3 is 2.58 bits per heavy atom. The third-order valence-corrected chi connectivity index (χ3v) is 6.64. The molecule has 1 fully saturated rings. The zero-order valence-corrected chi connectivity index (χ0v) is 19.2. The lowest BCUT2D eigenvalue weighted by atomic mass is 10.2. The maximum absolute atomic E-state index is 12.5. The minimum absolute atomic E-state index is 0.0395. The quantitative estimate of drug-likeness (QED) is 0.511. The van der Waals surface area contributed by atoms with Crippen molar-refractivity contribution in [1.29, 1.82) is 0 Å². The van der Waals surface area contributed by atoms with E-state index in [1.165, 1.54) is 11.8 Å². The fourth-order valence-electron chi connectivity index (χ4n) is 3.65. The van der Waals surface area contributed by atoms with E-state index in [0.29, 0.717) is 50.0 Å². The van der Waals surface area contributed by atoms with E-state index in [4.69, 9.17) is 15.2 Å². The molecule has 0 spiro atoms. The van der Waals surface area contributed by atoms with Crippen molar-refractivity contribution in [3.8, 4) is 11.5 Å². The lowest BCUT2D eigenvalue weighted by molar-refractivity contribution is -0.135. The van der Waals surface area contributed by atoms with Gasteiger partial charge in [0, 0.05) is 54.7 Å². The first-order valence-corrected chi connectivity index (χ1v) is 11.6. The van der Waals surface area contributed by atoms with Crippen molar-refractivity contribution in [3.63, 3.8) is 0 Å². The molecule has 1 atom stereocenters. The van der Waals surface area contributed by atoms with Crippen molar-refractivity contribution in [2.45, 2.75) is 22.8 Å². The maximum Gasteiger partial charge on any atom is 0.246 e. The van der Waals surface area contributed by atoms with Crippen LogP contribution in [0.4, 0.5) is 5.69 Å². The molecule has 2 aromatic carbocycles. The van der Waals surface area contributed by atoms with E-state index in [9.17, 15) is 14.7 Å². The summed E-state index contributed by atoms with van der Waals surface area (Å²) in [6.07, 6.45) is 2.96. The van der Waals surface area contributed by atoms with Gasteiger partial charge >= 0.3 is 0 Å². The molecule has 2 aliphatic rings. The Labute approximate surface area is 196 Å². The first-order valence-electron chi connectivity index (χ1n) is 10.8. The number of aliphatic hydroxyl groups is 1. The molecule has 2 heterocycles. The highest BCUT2D eigenvalue weighted by atomic mass is 32.2. The fraction of sp³-hybridized carbons (Fsp3) is 0.333. The van der Waals surface area contributed by atoms with Gasteiger partial charge in [0.05, 0.1) is 6.61 Å². The van der Waals surface area contributed by atoms with Gasteiger partial charge in [-0.1, -0.05) is 17.8 Å². The molecule has 3 N–H and O–H groups in total. The van der Waals surface area contributed by atoms with Crippen LogP contribution < -0.4 is 15.2 Å². The van der Waals surface area contributed by atoms with Crippen molar-refractivity contribution < 1.29 is 24.2 Å². The maximum atomic E-state index is 12.5. The van der Waals surface area contributed by atoms with E-state index < -0.39 is 0 Å². The number of piperazine rings is 1. The molecular formula is C24H27N3O5S. The van der Waals surface area contributed by atoms with Crippen LogP contribution in [0.2, 0.25) is 0 Å². The smallest absolute Gasteiger partial charge is 0.246 e. The summed E-state index contributed by atoms with van der Waals surface area (Å²) in [6, 6.07) is 11.3. The van der Waals surface area contributed by atoms with Crippen molar-refractivity contribution in [2.75, 3.05) is 45.1 Å². The third kappa shape index (κ3) is 5.61. The molecule has 0 bridgehead atoms. The average molecular weight is 470 g/mol. The molecule has 2 aliphatic heterocycles. The summed E-state index contributed by atoms with van der Waals surface area (Å²) >= 11 is 1.51. The zero-order chi connectivity index (χ0) is 23.4. The molecule has 1 saturated heterocycles. The van der Waals surface area contributed by atoms with Crippen LogP contribution in [0.3, 0.4) is 0 Å². The number of nitrogens with zero attached hydrogens (tertiary/aromatic N) is 2. The van der Waals surface area contributed by atoms with Gasteiger partial charge < -0.3 is 30.1 Å². The summed E-state index contributed by atoms with van der Waals surface area (Å²) in [6.45, 7) is 3.98. The summed E-state index contributed by atoms with van der Waals surface area (Å²) in [5.41, 5.74) is 7.71. The molecular weight excluding hydrogens is 442 g/mol. The van der Waals surface area contributed by atoms with E-state index in [1.54, 1.807) is 28.9 Å². The largest absolute Gasteiger partial charge is 0.486 e. The van der Waals surface area contributed by atoms with Gasteiger partial charge in [-0.05, 0) is 42.0 Å². The topological polar surface area (TPSA) is 105 Å². The number of carbonyl (C=O) groups excluding carboxylic acids is 2. The Hall–Kier alpha value is -3.17. The summed E-state index contributed by atoms with van der Waals surface area (Å²) < 4.78 is 11.3. The predicted molar refractivity (Wildman–Crippen MR) is 126 cm³/mol. The first kappa shape index (κ1) is 23.0. The second-order valence-electron chi connectivity index (χ2n) is 7.91. The van der Waals surface area contributed by atoms with Crippen molar-refractivity contribution in [2.24, 2.45) is 0 Å². The number of benzene rings is 2. The first-order chi connectivity index (χ1) is 15.9. The van der Waals surface area contributed by atoms with E-state index in [1.807, 2.05) is 36.4 Å². The molecule has 4 rings (SSSR count). The van der Waals surface area contributed by atoms with Gasteiger partial charge in [0.2, 0.25) is 11.8 Å². The molecule has 8 nitrogen and oxygen atoms in total. The van der Waals surface area contributed by atoms with Crippen LogP contribution in [0.1, 0.15) is 12.5 Å². The minimum atomic E-state index is -0.343. The third-order valence-electron chi connectivity index (χ3n) is 5.55. The molecule has 33 heavy (non-hydrogen) atoms. The number of carbonyl (C=O) groups is 2.